The molecule has 4 rings (SSSR count). The molecule has 0 saturated heterocycles. The Bertz CT molecular complexity index is 3110. The quantitative estimate of drug-likeness (QED) is 0.0204. The van der Waals surface area contributed by atoms with Crippen molar-refractivity contribution >= 4 is 71.1 Å². The van der Waals surface area contributed by atoms with Crippen molar-refractivity contribution in [3.63, 3.8) is 0 Å². The number of phenolic OH excluding ortho intramolecular Hbond substituents is 3. The zero-order valence-electron chi connectivity index (χ0n) is 48.1. The van der Waals surface area contributed by atoms with Gasteiger partial charge in [0.25, 0.3) is 0 Å². The second-order valence-corrected chi connectivity index (χ2v) is 20.8. The first-order chi connectivity index (χ1) is 42.0. The molecule has 3 aromatic carbocycles. The number of aliphatic carboxylic acids is 3. The van der Waals surface area contributed by atoms with Crippen LogP contribution in [-0.2, 0) is 83.2 Å². The summed E-state index contributed by atoms with van der Waals surface area (Å²) in [5, 5.41) is 110. The Hall–Kier alpha value is -10.3. The van der Waals surface area contributed by atoms with Gasteiger partial charge in [-0.15, -0.1) is 0 Å². The lowest BCUT2D eigenvalue weighted by molar-refractivity contribution is -0.144. The number of H-pyrrole nitrogens is 1. The minimum Gasteiger partial charge on any atom is -0.508 e. The largest absolute Gasteiger partial charge is 0.508 e. The third-order valence-electron chi connectivity index (χ3n) is 13.3. The number of carboxylic acid groups (broad SMARTS) is 3. The van der Waals surface area contributed by atoms with E-state index >= 15 is 0 Å². The molecule has 482 valence electrons. The predicted molar refractivity (Wildman–Crippen MR) is 306 cm³/mol. The zero-order valence-corrected chi connectivity index (χ0v) is 48.1. The lowest BCUT2D eigenvalue weighted by atomic mass is 10.0. The molecule has 0 spiro atoms. The Morgan fingerprint density at radius 2 is 0.764 bits per heavy atom. The fraction of sp³-hybridized carbons (Fsp3) is 0.411. The fourth-order valence-corrected chi connectivity index (χ4v) is 8.44. The number of nitrogens with two attached hydrogens (primary N) is 1. The van der Waals surface area contributed by atoms with Gasteiger partial charge in [-0.25, -0.2) is 9.78 Å². The third kappa shape index (κ3) is 23.2. The lowest BCUT2D eigenvalue weighted by Crippen LogP contribution is -2.63. The number of aromatic nitrogens is 2. The normalized spacial score (nSPS) is 14.8. The number of aliphatic hydroxyl groups is 3. The molecule has 0 aliphatic carbocycles. The van der Waals surface area contributed by atoms with Crippen LogP contribution in [0.2, 0.25) is 0 Å². The molecule has 33 heteroatoms. The molecule has 1 heterocycles. The number of imidazole rings is 1. The molecule has 0 bridgehead atoms. The van der Waals surface area contributed by atoms with Gasteiger partial charge in [-0.05, 0) is 65.9 Å². The maximum Gasteiger partial charge on any atom is 0.326 e. The number of phenols is 3. The fourth-order valence-electron chi connectivity index (χ4n) is 8.44. The van der Waals surface area contributed by atoms with Crippen molar-refractivity contribution in [2.45, 2.75) is 126 Å². The van der Waals surface area contributed by atoms with Crippen LogP contribution >= 0.6 is 0 Å². The molecule has 11 atom stereocenters. The van der Waals surface area contributed by atoms with Crippen LogP contribution in [0.25, 0.3) is 0 Å². The maximum absolute atomic E-state index is 14.4. The number of hydrogen-bond donors (Lipinski definition) is 20. The molecule has 0 saturated carbocycles. The first-order valence-corrected chi connectivity index (χ1v) is 27.3. The molecule has 9 amide bonds. The van der Waals surface area contributed by atoms with Crippen LogP contribution in [-0.4, -0.2) is 207 Å². The summed E-state index contributed by atoms with van der Waals surface area (Å²) in [6.45, 7) is 1.55. The number of benzene rings is 3. The number of carbonyl (C=O) groups is 12. The number of carboxylic acids is 3. The molecule has 21 N–H and O–H groups in total. The SMILES string of the molecule is CC(C)[C@H](NC(=O)[C@H](CO)NC(=O)[C@@H](NC(=O)[C@H](CC(=O)O)NC(=O)[C@H](Cc1ccc(O)cc1)NC(=O)[C@H](Cc1ccc(O)cc1)NC(=O)[C@H](CO)NC(=O)[C@@H](N)Cc1cnc[nH]1)[C@@H](C)O)C(=O)N[C@@H](CC(=O)O)C(=O)N[C@@H](Cc1ccc(O)cc1)C(=O)O. The molecule has 4 aromatic rings. The Kier molecular flexibility index (Phi) is 27.4. The minimum absolute atomic E-state index is 0.0498. The molecule has 33 nitrogen and oxygen atoms in total. The van der Waals surface area contributed by atoms with Crippen LogP contribution < -0.4 is 53.6 Å². The van der Waals surface area contributed by atoms with E-state index in [0.29, 0.717) is 16.8 Å². The molecule has 89 heavy (non-hydrogen) atoms. The highest BCUT2D eigenvalue weighted by molar-refractivity contribution is 6.00. The lowest BCUT2D eigenvalue weighted by Gasteiger charge is -2.29. The topological polar surface area (TPSA) is 550 Å². The highest BCUT2D eigenvalue weighted by Crippen LogP contribution is 2.16. The molecule has 1 aromatic heterocycles. The van der Waals surface area contributed by atoms with Crippen LogP contribution in [0.3, 0.4) is 0 Å². The van der Waals surface area contributed by atoms with E-state index in [1.807, 2.05) is 0 Å². The summed E-state index contributed by atoms with van der Waals surface area (Å²) in [5.74, 6) is -17.2. The van der Waals surface area contributed by atoms with E-state index in [1.165, 1.54) is 99.2 Å². The van der Waals surface area contributed by atoms with Gasteiger partial charge in [0.1, 0.15) is 71.6 Å². The van der Waals surface area contributed by atoms with Crippen LogP contribution in [0.15, 0.2) is 85.3 Å². The molecular formula is C56H72N12O21. The Morgan fingerprint density at radius 1 is 0.438 bits per heavy atom. The standard InChI is InChI=1S/C56H72N12O21/c1-26(2)45(54(86)63-38(20-43(75)76)50(82)64-40(56(88)89)18-30-8-14-34(74)15-9-30)67-53(85)42(24-70)66-55(87)46(27(3)71)68-51(83)39(21-44(77)78)62-49(81)36(16-28-4-10-32(72)11-5-28)60-48(80)37(17-29-6-12-33(73)13-7-29)61-52(84)41(23-69)65-47(79)35(57)19-31-22-58-25-59-31/h4-15,22,25-27,35-42,45-46,69-74H,16-21,23-24,57H2,1-3H3,(H,58,59)(H,60,80)(H,61,84)(H,62,81)(H,63,86)(H,64,82)(H,65,79)(H,66,87)(H,67,85)(H,68,83)(H,75,76)(H,77,78)(H,88,89)/t27-,35+,36+,37+,38+,39+,40+,41+,42+,45+,46+/m1/s1. The van der Waals surface area contributed by atoms with Crippen molar-refractivity contribution in [2.24, 2.45) is 11.7 Å². The highest BCUT2D eigenvalue weighted by Gasteiger charge is 2.38. The number of nitrogens with zero attached hydrogens (tertiary/aromatic N) is 1. The van der Waals surface area contributed by atoms with E-state index in [1.54, 1.807) is 0 Å². The monoisotopic (exact) mass is 1250 g/mol. The van der Waals surface area contributed by atoms with Gasteiger partial charge in [0.05, 0.1) is 44.5 Å². The van der Waals surface area contributed by atoms with Gasteiger partial charge < -0.3 is 105 Å². The number of aromatic amines is 1. The van der Waals surface area contributed by atoms with E-state index in [4.69, 9.17) is 5.73 Å². The number of amides is 9. The zero-order chi connectivity index (χ0) is 66.2. The van der Waals surface area contributed by atoms with E-state index < -0.39 is 176 Å². The van der Waals surface area contributed by atoms with Gasteiger partial charge in [0, 0.05) is 37.6 Å². The predicted octanol–water partition coefficient (Wildman–Crippen LogP) is -5.46. The first kappa shape index (κ1) is 71.2. The van der Waals surface area contributed by atoms with Gasteiger partial charge in [-0.3, -0.25) is 52.7 Å². The summed E-state index contributed by atoms with van der Waals surface area (Å²) < 4.78 is 0. The Balaban J connectivity index is 1.53. The van der Waals surface area contributed by atoms with Crippen LogP contribution in [0.5, 0.6) is 17.2 Å². The minimum atomic E-state index is -2.14. The smallest absolute Gasteiger partial charge is 0.326 e. The molecular weight excluding hydrogens is 1180 g/mol. The van der Waals surface area contributed by atoms with Gasteiger partial charge in [-0.2, -0.15) is 0 Å². The Morgan fingerprint density at radius 3 is 1.15 bits per heavy atom. The van der Waals surface area contributed by atoms with E-state index in [0.717, 1.165) is 6.92 Å². The third-order valence-corrected chi connectivity index (χ3v) is 13.3. The summed E-state index contributed by atoms with van der Waals surface area (Å²) in [5.41, 5.74) is 7.41. The Labute approximate surface area is 506 Å². The summed E-state index contributed by atoms with van der Waals surface area (Å²) in [6.07, 6.45) is -2.64. The van der Waals surface area contributed by atoms with Gasteiger partial charge in [-0.1, -0.05) is 50.2 Å². The second-order valence-electron chi connectivity index (χ2n) is 20.8. The second kappa shape index (κ2) is 34.2. The number of aromatic hydroxyl groups is 3. The van der Waals surface area contributed by atoms with Crippen LogP contribution in [0, 0.1) is 5.92 Å². The van der Waals surface area contributed by atoms with Crippen molar-refractivity contribution in [1.82, 2.24) is 57.8 Å². The summed E-state index contributed by atoms with van der Waals surface area (Å²) >= 11 is 0. The van der Waals surface area contributed by atoms with Crippen molar-refractivity contribution in [2.75, 3.05) is 13.2 Å². The summed E-state index contributed by atoms with van der Waals surface area (Å²) in [7, 11) is 0. The van der Waals surface area contributed by atoms with Crippen molar-refractivity contribution < 1.29 is 103 Å². The maximum atomic E-state index is 14.4. The van der Waals surface area contributed by atoms with Crippen LogP contribution in [0.1, 0.15) is 56.0 Å². The van der Waals surface area contributed by atoms with Gasteiger partial charge >= 0.3 is 17.9 Å². The van der Waals surface area contributed by atoms with E-state index in [-0.39, 0.29) is 42.1 Å². The highest BCUT2D eigenvalue weighted by atomic mass is 16.4. The summed E-state index contributed by atoms with van der Waals surface area (Å²) in [4.78, 5) is 167. The van der Waals surface area contributed by atoms with Crippen LogP contribution in [0.4, 0.5) is 0 Å². The average Bonchev–Trinajstić information content (AvgIpc) is 3.21. The number of rotatable bonds is 35. The van der Waals surface area contributed by atoms with Gasteiger partial charge in [0.2, 0.25) is 53.2 Å². The number of carbonyl (C=O) groups excluding carboxylic acids is 9. The molecule has 0 aliphatic heterocycles. The molecule has 0 radical (unpaired) electrons. The summed E-state index contributed by atoms with van der Waals surface area (Å²) in [6, 6.07) is -2.18. The number of aliphatic hydroxyl groups excluding tert-OH is 3. The first-order valence-electron chi connectivity index (χ1n) is 27.3. The van der Waals surface area contributed by atoms with Gasteiger partial charge in [0.15, 0.2) is 0 Å². The number of hydrogen-bond acceptors (Lipinski definition) is 20. The van der Waals surface area contributed by atoms with Crippen molar-refractivity contribution in [3.05, 3.63) is 108 Å². The molecule has 0 unspecified atom stereocenters. The number of nitrogens with one attached hydrogen (secondary N) is 10. The molecule has 0 aliphatic rings. The van der Waals surface area contributed by atoms with Crippen molar-refractivity contribution in [1.29, 1.82) is 0 Å². The molecule has 0 fully saturated rings. The average molecular weight is 1250 g/mol. The van der Waals surface area contributed by atoms with E-state index in [9.17, 15) is 103 Å². The van der Waals surface area contributed by atoms with Crippen molar-refractivity contribution in [3.8, 4) is 17.2 Å². The van der Waals surface area contributed by atoms with E-state index in [2.05, 4.69) is 57.8 Å².